The summed E-state index contributed by atoms with van der Waals surface area (Å²) in [7, 11) is 0. The highest BCUT2D eigenvalue weighted by molar-refractivity contribution is 5.97. The van der Waals surface area contributed by atoms with Crippen LogP contribution in [-0.2, 0) is 4.79 Å². The first-order valence-corrected chi connectivity index (χ1v) is 9.32. The van der Waals surface area contributed by atoms with E-state index >= 15 is 0 Å². The maximum Gasteiger partial charge on any atom is 0.263 e. The van der Waals surface area contributed by atoms with Gasteiger partial charge in [-0.05, 0) is 24.0 Å². The van der Waals surface area contributed by atoms with Gasteiger partial charge in [-0.25, -0.2) is 0 Å². The fraction of sp³-hybridized carbons (Fsp3) is 0.500. The summed E-state index contributed by atoms with van der Waals surface area (Å²) in [5.74, 6) is 0.0710. The summed E-state index contributed by atoms with van der Waals surface area (Å²) >= 11 is 0. The SMILES string of the molecule is CCC(C)c1ccccc1N/C=C(/C#N)C(=O)NCCN1CCNCC1. The van der Waals surface area contributed by atoms with Gasteiger partial charge in [-0.2, -0.15) is 5.26 Å². The van der Waals surface area contributed by atoms with Crippen molar-refractivity contribution in [3.05, 3.63) is 41.6 Å². The normalized spacial score (nSPS) is 16.6. The minimum Gasteiger partial charge on any atom is -0.360 e. The summed E-state index contributed by atoms with van der Waals surface area (Å²) in [6.07, 6.45) is 2.53. The third-order valence-electron chi connectivity index (χ3n) is 4.76. The number of carbonyl (C=O) groups excluding carboxylic acids is 1. The Morgan fingerprint density at radius 2 is 2.12 bits per heavy atom. The Hall–Kier alpha value is -2.36. The van der Waals surface area contributed by atoms with Crippen molar-refractivity contribution in [2.24, 2.45) is 0 Å². The number of nitrogens with zero attached hydrogens (tertiary/aromatic N) is 2. The minimum atomic E-state index is -0.337. The van der Waals surface area contributed by atoms with E-state index < -0.39 is 0 Å². The number of nitriles is 1. The third kappa shape index (κ3) is 5.87. The zero-order valence-electron chi connectivity index (χ0n) is 15.7. The number of anilines is 1. The van der Waals surface area contributed by atoms with Gasteiger partial charge in [-0.1, -0.05) is 32.0 Å². The van der Waals surface area contributed by atoms with E-state index in [1.807, 2.05) is 24.3 Å². The van der Waals surface area contributed by atoms with Crippen molar-refractivity contribution < 1.29 is 4.79 Å². The molecular weight excluding hydrogens is 326 g/mol. The first kappa shape index (κ1) is 20.0. The van der Waals surface area contributed by atoms with Crippen LogP contribution < -0.4 is 16.0 Å². The quantitative estimate of drug-likeness (QED) is 0.491. The van der Waals surface area contributed by atoms with Gasteiger partial charge in [0.1, 0.15) is 11.6 Å². The summed E-state index contributed by atoms with van der Waals surface area (Å²) in [6.45, 7) is 9.60. The lowest BCUT2D eigenvalue weighted by Gasteiger charge is -2.27. The number of hydrogen-bond donors (Lipinski definition) is 3. The molecule has 1 atom stereocenters. The van der Waals surface area contributed by atoms with Gasteiger partial charge in [0, 0.05) is 51.2 Å². The molecule has 1 aromatic rings. The smallest absolute Gasteiger partial charge is 0.263 e. The Kier molecular flexibility index (Phi) is 8.13. The molecule has 1 aliphatic rings. The Morgan fingerprint density at radius 3 is 2.81 bits per heavy atom. The molecule has 1 aromatic carbocycles. The summed E-state index contributed by atoms with van der Waals surface area (Å²) in [5.41, 5.74) is 2.20. The van der Waals surface area contributed by atoms with E-state index in [1.165, 1.54) is 11.8 Å². The fourth-order valence-electron chi connectivity index (χ4n) is 2.93. The van der Waals surface area contributed by atoms with E-state index in [9.17, 15) is 10.1 Å². The molecule has 1 saturated heterocycles. The predicted molar refractivity (Wildman–Crippen MR) is 105 cm³/mol. The molecule has 0 bridgehead atoms. The van der Waals surface area contributed by atoms with Crippen LogP contribution in [-0.4, -0.2) is 50.1 Å². The molecule has 26 heavy (non-hydrogen) atoms. The van der Waals surface area contributed by atoms with E-state index in [1.54, 1.807) is 0 Å². The fourth-order valence-corrected chi connectivity index (χ4v) is 2.93. The van der Waals surface area contributed by atoms with E-state index in [4.69, 9.17) is 0 Å². The first-order valence-electron chi connectivity index (χ1n) is 9.32. The van der Waals surface area contributed by atoms with Gasteiger partial charge in [-0.3, -0.25) is 9.69 Å². The van der Waals surface area contributed by atoms with Crippen molar-refractivity contribution in [2.45, 2.75) is 26.2 Å². The van der Waals surface area contributed by atoms with E-state index in [2.05, 4.69) is 40.8 Å². The van der Waals surface area contributed by atoms with Crippen molar-refractivity contribution in [1.29, 1.82) is 5.26 Å². The van der Waals surface area contributed by atoms with Crippen LogP contribution in [0.4, 0.5) is 5.69 Å². The van der Waals surface area contributed by atoms with Gasteiger partial charge in [0.2, 0.25) is 0 Å². The standard InChI is InChI=1S/C20H29N5O/c1-3-16(2)18-6-4-5-7-19(18)24-15-17(14-21)20(26)23-10-13-25-11-8-22-9-12-25/h4-7,15-16,22,24H,3,8-13H2,1-2H3,(H,23,26)/b17-15-. The molecule has 0 saturated carbocycles. The molecule has 6 heteroatoms. The van der Waals surface area contributed by atoms with Gasteiger partial charge in [-0.15, -0.1) is 0 Å². The topological polar surface area (TPSA) is 80.2 Å². The number of hydrogen-bond acceptors (Lipinski definition) is 5. The highest BCUT2D eigenvalue weighted by Crippen LogP contribution is 2.26. The van der Waals surface area contributed by atoms with E-state index in [0.29, 0.717) is 12.5 Å². The Labute approximate surface area is 156 Å². The number of nitrogens with one attached hydrogen (secondary N) is 3. The van der Waals surface area contributed by atoms with Crippen LogP contribution in [0.5, 0.6) is 0 Å². The second kappa shape index (κ2) is 10.6. The molecule has 1 fully saturated rings. The van der Waals surface area contributed by atoms with E-state index in [0.717, 1.165) is 44.8 Å². The van der Waals surface area contributed by atoms with Gasteiger partial charge in [0.15, 0.2) is 0 Å². The number of carbonyl (C=O) groups is 1. The Bertz CT molecular complexity index is 658. The second-order valence-corrected chi connectivity index (χ2v) is 6.56. The Morgan fingerprint density at radius 1 is 1.38 bits per heavy atom. The van der Waals surface area contributed by atoms with Crippen molar-refractivity contribution in [3.8, 4) is 6.07 Å². The highest BCUT2D eigenvalue weighted by Gasteiger charge is 2.12. The molecule has 1 amide bonds. The third-order valence-corrected chi connectivity index (χ3v) is 4.76. The van der Waals surface area contributed by atoms with Crippen LogP contribution in [0.15, 0.2) is 36.0 Å². The van der Waals surface area contributed by atoms with Crippen LogP contribution in [0.1, 0.15) is 31.7 Å². The lowest BCUT2D eigenvalue weighted by Crippen LogP contribution is -2.46. The molecule has 6 nitrogen and oxygen atoms in total. The van der Waals surface area contributed by atoms with Crippen LogP contribution >= 0.6 is 0 Å². The molecule has 1 heterocycles. The van der Waals surface area contributed by atoms with Crippen LogP contribution in [0.2, 0.25) is 0 Å². The van der Waals surface area contributed by atoms with Gasteiger partial charge in [0.25, 0.3) is 5.91 Å². The second-order valence-electron chi connectivity index (χ2n) is 6.56. The van der Waals surface area contributed by atoms with E-state index in [-0.39, 0.29) is 11.5 Å². The molecule has 1 unspecified atom stereocenters. The largest absolute Gasteiger partial charge is 0.360 e. The first-order chi connectivity index (χ1) is 12.7. The van der Waals surface area contributed by atoms with Crippen molar-refractivity contribution in [2.75, 3.05) is 44.6 Å². The van der Waals surface area contributed by atoms with Gasteiger partial charge < -0.3 is 16.0 Å². The van der Waals surface area contributed by atoms with Crippen LogP contribution in [0, 0.1) is 11.3 Å². The molecule has 0 aliphatic carbocycles. The lowest BCUT2D eigenvalue weighted by molar-refractivity contribution is -0.117. The molecule has 3 N–H and O–H groups in total. The molecule has 140 valence electrons. The van der Waals surface area contributed by atoms with Gasteiger partial charge in [0.05, 0.1) is 0 Å². The molecular formula is C20H29N5O. The number of benzene rings is 1. The van der Waals surface area contributed by atoms with Crippen molar-refractivity contribution in [1.82, 2.24) is 15.5 Å². The molecule has 0 spiro atoms. The minimum absolute atomic E-state index is 0.0873. The zero-order valence-corrected chi connectivity index (χ0v) is 15.7. The average molecular weight is 355 g/mol. The summed E-state index contributed by atoms with van der Waals surface area (Å²) in [5, 5.41) is 18.6. The molecule has 1 aliphatic heterocycles. The summed E-state index contributed by atoms with van der Waals surface area (Å²) in [4.78, 5) is 14.5. The van der Waals surface area contributed by atoms with Crippen molar-refractivity contribution in [3.63, 3.8) is 0 Å². The number of para-hydroxylation sites is 1. The monoisotopic (exact) mass is 355 g/mol. The van der Waals surface area contributed by atoms with Gasteiger partial charge >= 0.3 is 0 Å². The van der Waals surface area contributed by atoms with Crippen molar-refractivity contribution >= 4 is 11.6 Å². The van der Waals surface area contributed by atoms with Crippen LogP contribution in [0.25, 0.3) is 0 Å². The summed E-state index contributed by atoms with van der Waals surface area (Å²) in [6, 6.07) is 9.98. The number of piperazine rings is 1. The lowest BCUT2D eigenvalue weighted by atomic mass is 9.97. The molecule has 2 rings (SSSR count). The molecule has 0 radical (unpaired) electrons. The van der Waals surface area contributed by atoms with Crippen LogP contribution in [0.3, 0.4) is 0 Å². The molecule has 0 aromatic heterocycles. The highest BCUT2D eigenvalue weighted by atomic mass is 16.1. The summed E-state index contributed by atoms with van der Waals surface area (Å²) < 4.78 is 0. The predicted octanol–water partition coefficient (Wildman–Crippen LogP) is 2.04. The average Bonchev–Trinajstić information content (AvgIpc) is 2.69. The number of amides is 1. The maximum absolute atomic E-state index is 12.2. The number of rotatable bonds is 8. The maximum atomic E-state index is 12.2. The Balaban J connectivity index is 1.91. The zero-order chi connectivity index (χ0) is 18.8.